The third-order valence-corrected chi connectivity index (χ3v) is 9.96. The second-order valence-corrected chi connectivity index (χ2v) is 12.3. The number of rotatable bonds is 3. The van der Waals surface area contributed by atoms with Crippen molar-refractivity contribution in [2.24, 2.45) is 11.8 Å². The summed E-state index contributed by atoms with van der Waals surface area (Å²) < 4.78 is 7.78. The number of fused-ring (bicyclic) bond motifs is 2. The zero-order valence-corrected chi connectivity index (χ0v) is 20.6. The fourth-order valence-electron chi connectivity index (χ4n) is 4.57. The van der Waals surface area contributed by atoms with Gasteiger partial charge in [-0.1, -0.05) is 13.8 Å². The molecule has 0 aromatic heterocycles. The second-order valence-electron chi connectivity index (χ2n) is 8.95. The Morgan fingerprint density at radius 2 is 1.25 bits per heavy atom. The highest BCUT2D eigenvalue weighted by Gasteiger charge is 2.67. The first kappa shape index (κ1) is 24.7. The van der Waals surface area contributed by atoms with Crippen LogP contribution < -0.4 is 0 Å². The van der Waals surface area contributed by atoms with Crippen LogP contribution in [0, 0.1) is 11.8 Å². The normalized spacial score (nSPS) is 38.5. The Balaban J connectivity index is 0.000000182. The fraction of sp³-hybridized carbons (Fsp3) is 0.750. The van der Waals surface area contributed by atoms with Crippen LogP contribution in [0.1, 0.15) is 34.6 Å². The number of carboxylic acids is 1. The lowest BCUT2D eigenvalue weighted by Gasteiger charge is -2.42. The molecule has 7 atom stereocenters. The summed E-state index contributed by atoms with van der Waals surface area (Å²) in [5, 5.41) is 9.16. The average molecular weight is 489 g/mol. The van der Waals surface area contributed by atoms with Gasteiger partial charge in [0.25, 0.3) is 0 Å². The van der Waals surface area contributed by atoms with Crippen molar-refractivity contribution in [3.63, 3.8) is 0 Å². The van der Waals surface area contributed by atoms with E-state index in [0.717, 1.165) is 11.8 Å². The Kier molecular flexibility index (Phi) is 6.27. The number of thioether (sulfide) groups is 2. The topological polar surface area (TPSA) is 131 Å². The maximum atomic E-state index is 11.7. The van der Waals surface area contributed by atoms with Crippen molar-refractivity contribution in [2.75, 3.05) is 14.2 Å². The average Bonchev–Trinajstić information content (AvgIpc) is 3.20. The number of methoxy groups -OCH3 is 2. The minimum atomic E-state index is -1.34. The number of nitrogens with zero attached hydrogens (tertiary/aromatic N) is 2. The van der Waals surface area contributed by atoms with Gasteiger partial charge < -0.3 is 24.4 Å². The van der Waals surface area contributed by atoms with Crippen molar-refractivity contribution < 1.29 is 38.6 Å². The maximum absolute atomic E-state index is 11.7. The van der Waals surface area contributed by atoms with Gasteiger partial charge >= 0.3 is 17.9 Å². The summed E-state index contributed by atoms with van der Waals surface area (Å²) in [7, 11) is 2.56. The number of esters is 2. The van der Waals surface area contributed by atoms with Gasteiger partial charge in [-0.3, -0.25) is 14.4 Å². The van der Waals surface area contributed by atoms with E-state index < -0.39 is 28.8 Å². The van der Waals surface area contributed by atoms with Gasteiger partial charge in [0.2, 0.25) is 11.8 Å². The van der Waals surface area contributed by atoms with E-state index >= 15 is 0 Å². The molecule has 4 heterocycles. The molecule has 10 nitrogen and oxygen atoms in total. The van der Waals surface area contributed by atoms with E-state index in [1.165, 1.54) is 26.0 Å². The number of hydrogen-bond acceptors (Lipinski definition) is 9. The highest BCUT2D eigenvalue weighted by Crippen LogP contribution is 2.54. The van der Waals surface area contributed by atoms with Crippen molar-refractivity contribution in [3.8, 4) is 0 Å². The Labute approximate surface area is 194 Å². The van der Waals surface area contributed by atoms with E-state index in [-0.39, 0.29) is 45.1 Å². The number of carbonyl (C=O) groups excluding carboxylic acids is 4. The van der Waals surface area contributed by atoms with Crippen LogP contribution in [0.4, 0.5) is 0 Å². The zero-order valence-electron chi connectivity index (χ0n) is 19.0. The Morgan fingerprint density at radius 1 is 0.844 bits per heavy atom. The minimum absolute atomic E-state index is 0.0314. The van der Waals surface area contributed by atoms with Crippen LogP contribution >= 0.6 is 23.5 Å². The van der Waals surface area contributed by atoms with Gasteiger partial charge in [-0.2, -0.15) is 0 Å². The number of aliphatic carboxylic acids is 1. The number of carboxylic acid groups (broad SMARTS) is 1. The molecule has 4 saturated heterocycles. The van der Waals surface area contributed by atoms with Gasteiger partial charge in [0.15, 0.2) is 6.04 Å². The number of carbonyl (C=O) groups is 5. The maximum Gasteiger partial charge on any atom is 0.330 e. The highest BCUT2D eigenvalue weighted by molar-refractivity contribution is 8.02. The molecule has 0 bridgehead atoms. The smallest absolute Gasteiger partial charge is 0.330 e. The van der Waals surface area contributed by atoms with E-state index in [1.807, 2.05) is 20.8 Å². The van der Waals surface area contributed by atoms with Crippen molar-refractivity contribution in [2.45, 2.75) is 66.9 Å². The molecule has 4 rings (SSSR count). The quantitative estimate of drug-likeness (QED) is 0.449. The molecule has 12 heteroatoms. The van der Waals surface area contributed by atoms with Gasteiger partial charge in [-0.25, -0.2) is 9.59 Å². The lowest BCUT2D eigenvalue weighted by Crippen LogP contribution is -2.63. The molecule has 0 aromatic carbocycles. The monoisotopic (exact) mass is 488 g/mol. The third kappa shape index (κ3) is 3.37. The predicted octanol–water partition coefficient (Wildman–Crippen LogP) is 0.780. The number of amides is 2. The molecule has 7 unspecified atom stereocenters. The van der Waals surface area contributed by atoms with Crippen LogP contribution in [0.2, 0.25) is 0 Å². The summed E-state index contributed by atoms with van der Waals surface area (Å²) in [6.07, 6.45) is 0. The van der Waals surface area contributed by atoms with Crippen molar-refractivity contribution in [1.82, 2.24) is 9.80 Å². The van der Waals surface area contributed by atoms with Crippen LogP contribution in [0.15, 0.2) is 0 Å². The van der Waals surface area contributed by atoms with Gasteiger partial charge in [0, 0.05) is 4.75 Å². The molecule has 4 aliphatic heterocycles. The van der Waals surface area contributed by atoms with Crippen LogP contribution in [-0.4, -0.2) is 91.2 Å². The van der Waals surface area contributed by atoms with E-state index in [2.05, 4.69) is 4.74 Å². The summed E-state index contributed by atoms with van der Waals surface area (Å²) in [4.78, 5) is 61.0. The van der Waals surface area contributed by atoms with E-state index in [0.29, 0.717) is 0 Å². The summed E-state index contributed by atoms with van der Waals surface area (Å²) in [6.45, 7) is 9.07. The van der Waals surface area contributed by atoms with E-state index in [4.69, 9.17) is 4.74 Å². The molecule has 0 aliphatic carbocycles. The number of β-lactam (4-membered cyclic amide) rings is 2. The summed E-state index contributed by atoms with van der Waals surface area (Å²) in [6, 6.07) is -1.47. The van der Waals surface area contributed by atoms with Gasteiger partial charge in [0.1, 0.15) is 10.8 Å². The van der Waals surface area contributed by atoms with Crippen molar-refractivity contribution in [1.29, 1.82) is 0 Å². The first-order chi connectivity index (χ1) is 14.7. The Morgan fingerprint density at radius 3 is 1.69 bits per heavy atom. The van der Waals surface area contributed by atoms with E-state index in [9.17, 15) is 29.1 Å². The predicted molar refractivity (Wildman–Crippen MR) is 117 cm³/mol. The molecule has 0 radical (unpaired) electrons. The molecule has 4 fully saturated rings. The lowest BCUT2D eigenvalue weighted by molar-refractivity contribution is -0.166. The standard InChI is InChI=1S/C10H13NO5S.C10H15NO3S/c1-4-6(12)11-5(8(13)16-3)10(2,9(14)15)17-7(4)11;1-5-7(12)11-6(9(13)14-4)10(2,3)15-8(5)11/h4-5,7H,1-3H3,(H,14,15);5-6,8H,1-4H3. The Bertz CT molecular complexity index is 878. The second kappa shape index (κ2) is 8.12. The SMILES string of the molecule is COC(=O)C1N2C(=O)C(C)C2SC1(C)C.COC(=O)C1N2C(=O)C(C)C2SC1(C)C(=O)O. The van der Waals surface area contributed by atoms with Crippen molar-refractivity contribution >= 4 is 53.2 Å². The van der Waals surface area contributed by atoms with Crippen LogP contribution in [0.3, 0.4) is 0 Å². The third-order valence-electron chi connectivity index (χ3n) is 6.49. The van der Waals surface area contributed by atoms with Gasteiger partial charge in [-0.15, -0.1) is 23.5 Å². The molecule has 0 aromatic rings. The van der Waals surface area contributed by atoms with Gasteiger partial charge in [-0.05, 0) is 20.8 Å². The van der Waals surface area contributed by atoms with Crippen LogP contribution in [0.25, 0.3) is 0 Å². The molecule has 0 spiro atoms. The Hall–Kier alpha value is -1.95. The molecule has 1 N–H and O–H groups in total. The summed E-state index contributed by atoms with van der Waals surface area (Å²) in [5.74, 6) is -2.43. The van der Waals surface area contributed by atoms with Gasteiger partial charge in [0.05, 0.1) is 36.8 Å². The number of hydrogen-bond donors (Lipinski definition) is 1. The van der Waals surface area contributed by atoms with E-state index in [1.54, 1.807) is 23.6 Å². The molecule has 32 heavy (non-hydrogen) atoms. The lowest BCUT2D eigenvalue weighted by atomic mass is 9.92. The molecular formula is C20H28N2O8S2. The molecular weight excluding hydrogens is 460 g/mol. The van der Waals surface area contributed by atoms with Crippen molar-refractivity contribution in [3.05, 3.63) is 0 Å². The zero-order chi connectivity index (χ0) is 24.3. The largest absolute Gasteiger partial charge is 0.480 e. The summed E-state index contributed by atoms with van der Waals surface area (Å²) >= 11 is 2.82. The fourth-order valence-corrected chi connectivity index (χ4v) is 7.79. The first-order valence-electron chi connectivity index (χ1n) is 10.1. The van der Waals surface area contributed by atoms with Crippen LogP contribution in [0.5, 0.6) is 0 Å². The molecule has 0 saturated carbocycles. The highest BCUT2D eigenvalue weighted by atomic mass is 32.2. The first-order valence-corrected chi connectivity index (χ1v) is 11.9. The minimum Gasteiger partial charge on any atom is -0.480 e. The number of ether oxygens (including phenoxy) is 2. The molecule has 4 aliphatic rings. The summed E-state index contributed by atoms with van der Waals surface area (Å²) in [5.41, 5.74) is 0. The van der Waals surface area contributed by atoms with Crippen LogP contribution in [-0.2, 0) is 33.4 Å². The molecule has 2 amide bonds. The molecule has 178 valence electrons.